The first-order valence-electron chi connectivity index (χ1n) is 18.1. The fraction of sp³-hybridized carbons (Fsp3) is 0.0625. The van der Waals surface area contributed by atoms with Crippen LogP contribution in [-0.2, 0) is 5.41 Å². The molecule has 1 aromatic heterocycles. The van der Waals surface area contributed by atoms with Crippen molar-refractivity contribution in [3.05, 3.63) is 169 Å². The van der Waals surface area contributed by atoms with Gasteiger partial charge in [0.2, 0.25) is 0 Å². The molecule has 0 unspecified atom stereocenters. The molecule has 258 valence electrons. The standard InChI is InChI=1S/C48H34N4O2/c1-48(2)38-22-7-6-20-37(38)42-39(48)24-25-41-44(42)54-43-36(21-11-23-40(43)53-41)32-16-9-18-34(27-32)47-51-45(29-12-4-3-5-13-29)50-46(52-47)33-17-8-14-30(26-33)31-15-10-19-35(49)28-31/h3-28H,49H2,1-2H3. The lowest BCUT2D eigenvalue weighted by Crippen LogP contribution is -2.15. The summed E-state index contributed by atoms with van der Waals surface area (Å²) in [7, 11) is 0. The molecule has 6 heteroatoms. The third-order valence-corrected chi connectivity index (χ3v) is 10.5. The van der Waals surface area contributed by atoms with E-state index in [1.165, 1.54) is 16.7 Å². The van der Waals surface area contributed by atoms with Crippen molar-refractivity contribution in [1.29, 1.82) is 0 Å². The SMILES string of the molecule is CC1(C)c2ccccc2-c2c1ccc1c2Oc2c(cccc2-c2cccc(-c3nc(-c4ccccc4)nc(-c4cccc(-c5cccc(N)c5)c4)n3)c2)O1. The van der Waals surface area contributed by atoms with E-state index in [4.69, 9.17) is 30.2 Å². The van der Waals surface area contributed by atoms with Crippen molar-refractivity contribution in [2.24, 2.45) is 0 Å². The van der Waals surface area contributed by atoms with E-state index in [0.29, 0.717) is 40.4 Å². The molecule has 2 N–H and O–H groups in total. The molecule has 7 aromatic carbocycles. The van der Waals surface area contributed by atoms with E-state index in [2.05, 4.69) is 80.6 Å². The Kier molecular flexibility index (Phi) is 7.20. The van der Waals surface area contributed by atoms with Crippen LogP contribution in [0.5, 0.6) is 23.0 Å². The fourth-order valence-electron chi connectivity index (χ4n) is 7.81. The molecule has 1 aliphatic carbocycles. The van der Waals surface area contributed by atoms with Gasteiger partial charge in [0.1, 0.15) is 0 Å². The number of nitrogens with zero attached hydrogens (tertiary/aromatic N) is 3. The molecule has 2 aliphatic rings. The zero-order chi connectivity index (χ0) is 36.4. The van der Waals surface area contributed by atoms with Gasteiger partial charge in [-0.25, -0.2) is 15.0 Å². The van der Waals surface area contributed by atoms with Gasteiger partial charge in [0, 0.05) is 38.9 Å². The molecule has 6 nitrogen and oxygen atoms in total. The van der Waals surface area contributed by atoms with Gasteiger partial charge in [-0.15, -0.1) is 0 Å². The summed E-state index contributed by atoms with van der Waals surface area (Å²) in [4.78, 5) is 15.1. The highest BCUT2D eigenvalue weighted by Gasteiger charge is 2.39. The highest BCUT2D eigenvalue weighted by atomic mass is 16.6. The van der Waals surface area contributed by atoms with E-state index >= 15 is 0 Å². The highest BCUT2D eigenvalue weighted by molar-refractivity contribution is 5.89. The number of para-hydroxylation sites is 1. The first kappa shape index (κ1) is 31.7. The molecule has 2 heterocycles. The zero-order valence-corrected chi connectivity index (χ0v) is 29.7. The minimum Gasteiger partial charge on any atom is -0.449 e. The Balaban J connectivity index is 1.07. The minimum atomic E-state index is -0.155. The van der Waals surface area contributed by atoms with Crippen molar-refractivity contribution in [2.45, 2.75) is 19.3 Å². The monoisotopic (exact) mass is 698 g/mol. The van der Waals surface area contributed by atoms with Crippen LogP contribution in [0.3, 0.4) is 0 Å². The molecular formula is C48H34N4O2. The van der Waals surface area contributed by atoms with Crippen molar-refractivity contribution in [2.75, 3.05) is 5.73 Å². The Morgan fingerprint density at radius 2 is 0.981 bits per heavy atom. The number of anilines is 1. The molecule has 1 aliphatic heterocycles. The van der Waals surface area contributed by atoms with Crippen molar-refractivity contribution < 1.29 is 9.47 Å². The summed E-state index contributed by atoms with van der Waals surface area (Å²) in [6, 6.07) is 53.2. The first-order chi connectivity index (χ1) is 26.4. The molecule has 0 fully saturated rings. The Labute approximate surface area is 313 Å². The maximum Gasteiger partial charge on any atom is 0.178 e. The van der Waals surface area contributed by atoms with E-state index in [-0.39, 0.29) is 5.41 Å². The Bertz CT molecular complexity index is 2770. The van der Waals surface area contributed by atoms with Gasteiger partial charge in [-0.05, 0) is 69.8 Å². The maximum atomic E-state index is 6.94. The normalized spacial score (nSPS) is 13.1. The van der Waals surface area contributed by atoms with Crippen molar-refractivity contribution in [1.82, 2.24) is 15.0 Å². The molecular weight excluding hydrogens is 665 g/mol. The summed E-state index contributed by atoms with van der Waals surface area (Å²) in [5, 5.41) is 0. The van der Waals surface area contributed by atoms with E-state index in [1.807, 2.05) is 91.0 Å². The van der Waals surface area contributed by atoms with Crippen LogP contribution in [0.1, 0.15) is 25.0 Å². The summed E-state index contributed by atoms with van der Waals surface area (Å²) in [5.41, 5.74) is 18.0. The third kappa shape index (κ3) is 5.22. The van der Waals surface area contributed by atoms with Gasteiger partial charge in [-0.3, -0.25) is 0 Å². The van der Waals surface area contributed by atoms with Gasteiger partial charge in [-0.1, -0.05) is 135 Å². The molecule has 0 spiro atoms. The number of nitrogens with two attached hydrogens (primary N) is 1. The van der Waals surface area contributed by atoms with Gasteiger partial charge in [0.25, 0.3) is 0 Å². The highest BCUT2D eigenvalue weighted by Crippen LogP contribution is 2.59. The van der Waals surface area contributed by atoms with Gasteiger partial charge in [-0.2, -0.15) is 0 Å². The topological polar surface area (TPSA) is 83.2 Å². The number of fused-ring (bicyclic) bond motifs is 6. The van der Waals surface area contributed by atoms with Crippen molar-refractivity contribution in [3.63, 3.8) is 0 Å². The number of aromatic nitrogens is 3. The van der Waals surface area contributed by atoms with Gasteiger partial charge in [0.05, 0.1) is 0 Å². The number of ether oxygens (including phenoxy) is 2. The molecule has 0 atom stereocenters. The Morgan fingerprint density at radius 3 is 1.74 bits per heavy atom. The number of hydrogen-bond acceptors (Lipinski definition) is 6. The number of nitrogen functional groups attached to an aromatic ring is 1. The second-order valence-electron chi connectivity index (χ2n) is 14.3. The van der Waals surface area contributed by atoms with Crippen LogP contribution in [0.2, 0.25) is 0 Å². The Morgan fingerprint density at radius 1 is 0.426 bits per heavy atom. The molecule has 0 saturated heterocycles. The first-order valence-corrected chi connectivity index (χ1v) is 18.1. The average Bonchev–Trinajstić information content (AvgIpc) is 3.46. The second kappa shape index (κ2) is 12.3. The number of hydrogen-bond donors (Lipinski definition) is 1. The van der Waals surface area contributed by atoms with Gasteiger partial charge >= 0.3 is 0 Å². The van der Waals surface area contributed by atoms with E-state index in [9.17, 15) is 0 Å². The predicted molar refractivity (Wildman–Crippen MR) is 216 cm³/mol. The molecule has 54 heavy (non-hydrogen) atoms. The molecule has 0 bridgehead atoms. The van der Waals surface area contributed by atoms with Crippen LogP contribution in [-0.4, -0.2) is 15.0 Å². The molecule has 10 rings (SSSR count). The van der Waals surface area contributed by atoms with Crippen LogP contribution >= 0.6 is 0 Å². The summed E-state index contributed by atoms with van der Waals surface area (Å²) in [6.45, 7) is 4.54. The summed E-state index contributed by atoms with van der Waals surface area (Å²) in [5.74, 6) is 4.55. The van der Waals surface area contributed by atoms with Crippen molar-refractivity contribution >= 4 is 5.69 Å². The number of benzene rings is 7. The molecule has 0 amide bonds. The molecule has 0 radical (unpaired) electrons. The van der Waals surface area contributed by atoms with Crippen LogP contribution in [0.25, 0.3) is 67.5 Å². The van der Waals surface area contributed by atoms with Crippen LogP contribution in [0.15, 0.2) is 158 Å². The minimum absolute atomic E-state index is 0.155. The quantitative estimate of drug-likeness (QED) is 0.180. The predicted octanol–water partition coefficient (Wildman–Crippen LogP) is 12.0. The molecule has 8 aromatic rings. The van der Waals surface area contributed by atoms with E-state index in [1.54, 1.807) is 0 Å². The van der Waals surface area contributed by atoms with Crippen molar-refractivity contribution in [3.8, 4) is 90.5 Å². The van der Waals surface area contributed by atoms with E-state index in [0.717, 1.165) is 50.3 Å². The van der Waals surface area contributed by atoms with Crippen LogP contribution in [0, 0.1) is 0 Å². The average molecular weight is 699 g/mol. The summed E-state index contributed by atoms with van der Waals surface area (Å²) >= 11 is 0. The van der Waals surface area contributed by atoms with Crippen LogP contribution in [0.4, 0.5) is 5.69 Å². The third-order valence-electron chi connectivity index (χ3n) is 10.5. The lowest BCUT2D eigenvalue weighted by molar-refractivity contribution is 0.361. The maximum absolute atomic E-state index is 6.94. The Hall–Kier alpha value is -7.05. The smallest absolute Gasteiger partial charge is 0.178 e. The zero-order valence-electron chi connectivity index (χ0n) is 29.7. The van der Waals surface area contributed by atoms with Crippen LogP contribution < -0.4 is 15.2 Å². The largest absolute Gasteiger partial charge is 0.449 e. The summed E-state index contributed by atoms with van der Waals surface area (Å²) < 4.78 is 13.5. The number of rotatable bonds is 5. The molecule has 0 saturated carbocycles. The lowest BCUT2D eigenvalue weighted by Gasteiger charge is -2.26. The summed E-state index contributed by atoms with van der Waals surface area (Å²) in [6.07, 6.45) is 0. The lowest BCUT2D eigenvalue weighted by atomic mass is 9.82. The van der Waals surface area contributed by atoms with Gasteiger partial charge < -0.3 is 15.2 Å². The van der Waals surface area contributed by atoms with Gasteiger partial charge in [0.15, 0.2) is 40.5 Å². The van der Waals surface area contributed by atoms with E-state index < -0.39 is 0 Å². The second-order valence-corrected chi connectivity index (χ2v) is 14.3. The fourth-order valence-corrected chi connectivity index (χ4v) is 7.81.